The van der Waals surface area contributed by atoms with Gasteiger partial charge in [0.2, 0.25) is 0 Å². The quantitative estimate of drug-likeness (QED) is 0.516. The van der Waals surface area contributed by atoms with E-state index in [0.717, 1.165) is 11.1 Å². The average molecular weight is 339 g/mol. The number of rotatable bonds is 2. The van der Waals surface area contributed by atoms with Crippen LogP contribution in [0.25, 0.3) is 0 Å². The molecule has 2 aliphatic rings. The number of hydrogen-bond donors (Lipinski definition) is 1. The third-order valence-electron chi connectivity index (χ3n) is 5.21. The normalized spacial score (nSPS) is 31.0. The van der Waals surface area contributed by atoms with Crippen molar-refractivity contribution in [3.63, 3.8) is 0 Å². The minimum atomic E-state index is -0.791. The number of carbonyl (C=O) groups is 1. The molecule has 1 fully saturated rings. The van der Waals surface area contributed by atoms with Crippen molar-refractivity contribution in [2.75, 3.05) is 12.8 Å². The molecular formula is C20H21NO4. The van der Waals surface area contributed by atoms with Gasteiger partial charge < -0.3 is 19.9 Å². The summed E-state index contributed by atoms with van der Waals surface area (Å²) in [6.07, 6.45) is 0.116. The second kappa shape index (κ2) is 5.86. The average Bonchev–Trinajstić information content (AvgIpc) is 2.62. The van der Waals surface area contributed by atoms with Gasteiger partial charge in [0.15, 0.2) is 5.79 Å². The number of benzene rings is 2. The zero-order chi connectivity index (χ0) is 17.6. The molecule has 0 bridgehead atoms. The molecule has 0 saturated carbocycles. The molecule has 2 aromatic carbocycles. The van der Waals surface area contributed by atoms with E-state index in [1.54, 1.807) is 19.2 Å². The summed E-state index contributed by atoms with van der Waals surface area (Å²) in [7, 11) is 1.63. The second-order valence-electron chi connectivity index (χ2n) is 6.84. The number of ether oxygens (including phenoxy) is 3. The number of methoxy groups -OCH3 is 1. The van der Waals surface area contributed by atoms with Gasteiger partial charge in [-0.3, -0.25) is 4.79 Å². The molecule has 4 unspecified atom stereocenters. The summed E-state index contributed by atoms with van der Waals surface area (Å²) in [5.41, 5.74) is 8.44. The minimum Gasteiger partial charge on any atom is -0.426 e. The molecule has 2 heterocycles. The van der Waals surface area contributed by atoms with Crippen molar-refractivity contribution in [3.8, 4) is 5.75 Å². The van der Waals surface area contributed by atoms with Gasteiger partial charge in [-0.2, -0.15) is 0 Å². The van der Waals surface area contributed by atoms with Gasteiger partial charge in [0.25, 0.3) is 0 Å². The fraction of sp³-hybridized carbons (Fsp3) is 0.350. The predicted octanol–water partition coefficient (Wildman–Crippen LogP) is 3.41. The number of nitrogen functional groups attached to an aromatic ring is 1. The highest BCUT2D eigenvalue weighted by Gasteiger charge is 2.52. The van der Waals surface area contributed by atoms with Crippen molar-refractivity contribution in [1.29, 1.82) is 0 Å². The lowest BCUT2D eigenvalue weighted by molar-refractivity contribution is -0.279. The van der Waals surface area contributed by atoms with E-state index < -0.39 is 17.8 Å². The summed E-state index contributed by atoms with van der Waals surface area (Å²) >= 11 is 0. The van der Waals surface area contributed by atoms with E-state index in [2.05, 4.69) is 0 Å². The molecule has 0 aromatic heterocycles. The summed E-state index contributed by atoms with van der Waals surface area (Å²) in [5.74, 6) is -1.05. The first kappa shape index (κ1) is 16.1. The predicted molar refractivity (Wildman–Crippen MR) is 93.0 cm³/mol. The van der Waals surface area contributed by atoms with E-state index in [1.807, 2.05) is 43.3 Å². The van der Waals surface area contributed by atoms with Crippen LogP contribution in [0.4, 0.5) is 5.69 Å². The standard InChI is InChI=1S/C20H21NO4/c1-20(23-2)11-15(12-6-4-3-5-7-12)17-18(25-20)14-10-13(21)8-9-16(14)24-19(17)22/h3-10,15,17-18H,11,21H2,1-2H3. The van der Waals surface area contributed by atoms with Crippen molar-refractivity contribution in [1.82, 2.24) is 0 Å². The van der Waals surface area contributed by atoms with E-state index in [1.165, 1.54) is 0 Å². The van der Waals surface area contributed by atoms with Gasteiger partial charge in [-0.25, -0.2) is 0 Å². The van der Waals surface area contributed by atoms with Crippen molar-refractivity contribution in [3.05, 3.63) is 59.7 Å². The lowest BCUT2D eigenvalue weighted by Gasteiger charge is -2.47. The van der Waals surface area contributed by atoms with Crippen LogP contribution in [0.5, 0.6) is 5.75 Å². The van der Waals surface area contributed by atoms with Crippen molar-refractivity contribution in [2.45, 2.75) is 31.2 Å². The SMILES string of the molecule is COC1(C)CC(c2ccccc2)C2C(=O)Oc3ccc(N)cc3C2O1. The molecule has 0 amide bonds. The van der Waals surface area contributed by atoms with Crippen LogP contribution in [0.15, 0.2) is 48.5 Å². The van der Waals surface area contributed by atoms with Crippen molar-refractivity contribution < 1.29 is 19.0 Å². The van der Waals surface area contributed by atoms with Crippen LogP contribution in [0.3, 0.4) is 0 Å². The third-order valence-corrected chi connectivity index (χ3v) is 5.21. The van der Waals surface area contributed by atoms with E-state index >= 15 is 0 Å². The van der Waals surface area contributed by atoms with Crippen LogP contribution in [-0.2, 0) is 14.3 Å². The lowest BCUT2D eigenvalue weighted by atomic mass is 9.73. The Morgan fingerprint density at radius 3 is 2.68 bits per heavy atom. The molecule has 5 heteroatoms. The Hall–Kier alpha value is -2.37. The number of fused-ring (bicyclic) bond motifs is 3. The Kier molecular flexibility index (Phi) is 3.78. The maximum atomic E-state index is 12.8. The molecule has 4 atom stereocenters. The molecule has 5 nitrogen and oxygen atoms in total. The Morgan fingerprint density at radius 2 is 1.96 bits per heavy atom. The van der Waals surface area contributed by atoms with Crippen LogP contribution < -0.4 is 10.5 Å². The second-order valence-corrected chi connectivity index (χ2v) is 6.84. The molecule has 0 aliphatic carbocycles. The monoisotopic (exact) mass is 339 g/mol. The summed E-state index contributed by atoms with van der Waals surface area (Å²) in [6, 6.07) is 15.2. The smallest absolute Gasteiger partial charge is 0.317 e. The summed E-state index contributed by atoms with van der Waals surface area (Å²) in [5, 5.41) is 0. The highest BCUT2D eigenvalue weighted by molar-refractivity contribution is 5.80. The molecule has 130 valence electrons. The van der Waals surface area contributed by atoms with Crippen molar-refractivity contribution >= 4 is 11.7 Å². The first-order chi connectivity index (χ1) is 12.0. The van der Waals surface area contributed by atoms with Crippen LogP contribution >= 0.6 is 0 Å². The zero-order valence-corrected chi connectivity index (χ0v) is 14.3. The summed E-state index contributed by atoms with van der Waals surface area (Å²) < 4.78 is 17.5. The molecule has 25 heavy (non-hydrogen) atoms. The van der Waals surface area contributed by atoms with E-state index in [9.17, 15) is 4.79 Å². The van der Waals surface area contributed by atoms with Crippen LogP contribution in [0.2, 0.25) is 0 Å². The largest absolute Gasteiger partial charge is 0.426 e. The number of carbonyl (C=O) groups excluding carboxylic acids is 1. The summed E-state index contributed by atoms with van der Waals surface area (Å²) in [4.78, 5) is 12.8. The first-order valence-electron chi connectivity index (χ1n) is 8.40. The molecular weight excluding hydrogens is 318 g/mol. The van der Waals surface area contributed by atoms with Gasteiger partial charge >= 0.3 is 5.97 Å². The van der Waals surface area contributed by atoms with Gasteiger partial charge in [0, 0.05) is 30.7 Å². The first-order valence-corrected chi connectivity index (χ1v) is 8.40. The van der Waals surface area contributed by atoms with Crippen LogP contribution in [0.1, 0.15) is 36.5 Å². The number of esters is 1. The minimum absolute atomic E-state index is 0.0630. The topological polar surface area (TPSA) is 70.8 Å². The molecule has 4 rings (SSSR count). The maximum Gasteiger partial charge on any atom is 0.317 e. The van der Waals surface area contributed by atoms with Crippen LogP contribution in [-0.4, -0.2) is 18.9 Å². The lowest BCUT2D eigenvalue weighted by Crippen LogP contribution is -2.49. The third kappa shape index (κ3) is 2.69. The van der Waals surface area contributed by atoms with Gasteiger partial charge in [0.1, 0.15) is 11.9 Å². The van der Waals surface area contributed by atoms with Gasteiger partial charge in [-0.1, -0.05) is 30.3 Å². The Bertz CT molecular complexity index is 807. The van der Waals surface area contributed by atoms with E-state index in [-0.39, 0.29) is 11.9 Å². The Labute approximate surface area is 146 Å². The molecule has 2 N–H and O–H groups in total. The fourth-order valence-electron chi connectivity index (χ4n) is 3.89. The summed E-state index contributed by atoms with van der Waals surface area (Å²) in [6.45, 7) is 1.91. The van der Waals surface area contributed by atoms with Gasteiger partial charge in [0.05, 0.1) is 5.92 Å². The van der Waals surface area contributed by atoms with E-state index in [0.29, 0.717) is 17.9 Å². The van der Waals surface area contributed by atoms with Crippen LogP contribution in [0, 0.1) is 5.92 Å². The molecule has 0 radical (unpaired) electrons. The Balaban J connectivity index is 1.84. The van der Waals surface area contributed by atoms with Crippen molar-refractivity contribution in [2.24, 2.45) is 5.92 Å². The molecule has 2 aromatic rings. The highest BCUT2D eigenvalue weighted by Crippen LogP contribution is 2.53. The molecule has 2 aliphatic heterocycles. The zero-order valence-electron chi connectivity index (χ0n) is 14.3. The number of nitrogens with two attached hydrogens (primary N) is 1. The highest BCUT2D eigenvalue weighted by atomic mass is 16.7. The number of hydrogen-bond acceptors (Lipinski definition) is 5. The molecule has 1 saturated heterocycles. The maximum absolute atomic E-state index is 12.8. The Morgan fingerprint density at radius 1 is 1.20 bits per heavy atom. The molecule has 0 spiro atoms. The van der Waals surface area contributed by atoms with E-state index in [4.69, 9.17) is 19.9 Å². The van der Waals surface area contributed by atoms with Gasteiger partial charge in [-0.15, -0.1) is 0 Å². The van der Waals surface area contributed by atoms with Gasteiger partial charge in [-0.05, 0) is 30.7 Å². The number of anilines is 1. The fourth-order valence-corrected chi connectivity index (χ4v) is 3.89.